The van der Waals surface area contributed by atoms with E-state index in [1.807, 2.05) is 30.3 Å². The summed E-state index contributed by atoms with van der Waals surface area (Å²) in [7, 11) is 1.59. The maximum atomic E-state index is 12.1. The summed E-state index contributed by atoms with van der Waals surface area (Å²) in [5.74, 6) is 0.658. The van der Waals surface area contributed by atoms with Crippen molar-refractivity contribution in [1.82, 2.24) is 0 Å². The van der Waals surface area contributed by atoms with Crippen LogP contribution in [0.2, 0.25) is 0 Å². The van der Waals surface area contributed by atoms with Gasteiger partial charge in [0.05, 0.1) is 13.5 Å². The molecule has 0 N–H and O–H groups in total. The minimum absolute atomic E-state index is 0.0595. The molecule has 2 aromatic rings. The Labute approximate surface area is 129 Å². The molecule has 0 unspecified atom stereocenters. The largest absolute Gasteiger partial charge is 0.497 e. The highest BCUT2D eigenvalue weighted by Crippen LogP contribution is 2.13. The smallest absolute Gasteiger partial charge is 0.171 e. The Morgan fingerprint density at radius 2 is 1.71 bits per heavy atom. The third-order valence-electron chi connectivity index (χ3n) is 2.96. The lowest BCUT2D eigenvalue weighted by Crippen LogP contribution is -2.09. The van der Waals surface area contributed by atoms with Gasteiger partial charge in [-0.2, -0.15) is 0 Å². The molecule has 0 spiro atoms. The van der Waals surface area contributed by atoms with Crippen molar-refractivity contribution in [2.24, 2.45) is 0 Å². The van der Waals surface area contributed by atoms with Crippen LogP contribution < -0.4 is 4.74 Å². The molecule has 2 rings (SSSR count). The van der Waals surface area contributed by atoms with Gasteiger partial charge in [-0.25, -0.2) is 0 Å². The average Bonchev–Trinajstić information content (AvgIpc) is 2.54. The van der Waals surface area contributed by atoms with Gasteiger partial charge in [-0.3, -0.25) is 4.79 Å². The number of carbonyl (C=O) groups is 1. The summed E-state index contributed by atoms with van der Waals surface area (Å²) in [6, 6.07) is 16.7. The molecule has 0 amide bonds. The van der Waals surface area contributed by atoms with Gasteiger partial charge in [0.1, 0.15) is 12.4 Å². The average molecular weight is 300 g/mol. The molecule has 2 aromatic carbocycles. The van der Waals surface area contributed by atoms with Gasteiger partial charge in [-0.05, 0) is 42.0 Å². The predicted octanol–water partition coefficient (Wildman–Crippen LogP) is 3.81. The molecule has 108 valence electrons. The van der Waals surface area contributed by atoms with Crippen molar-refractivity contribution in [3.8, 4) is 5.75 Å². The summed E-state index contributed by atoms with van der Waals surface area (Å²) in [5.41, 5.74) is 1.62. The van der Waals surface area contributed by atoms with Crippen molar-refractivity contribution in [3.63, 3.8) is 0 Å². The van der Waals surface area contributed by atoms with E-state index in [2.05, 4.69) is 0 Å². The fourth-order valence-corrected chi connectivity index (χ4v) is 1.99. The number of Topliss-reactive ketones (excluding diaryl/α,β-unsaturated/α-hetero) is 1. The first kappa shape index (κ1) is 15.2. The second kappa shape index (κ2) is 7.55. The van der Waals surface area contributed by atoms with Crippen LogP contribution in [0.15, 0.2) is 54.6 Å². The van der Waals surface area contributed by atoms with E-state index in [-0.39, 0.29) is 12.2 Å². The molecule has 0 aromatic heterocycles. The zero-order chi connectivity index (χ0) is 15.1. The molecule has 0 bridgehead atoms. The normalized spacial score (nSPS) is 9.95. The summed E-state index contributed by atoms with van der Waals surface area (Å²) >= 11 is 5.11. The van der Waals surface area contributed by atoms with Crippen LogP contribution in [0.3, 0.4) is 0 Å². The van der Waals surface area contributed by atoms with Crippen molar-refractivity contribution in [2.45, 2.75) is 13.0 Å². The van der Waals surface area contributed by atoms with Crippen LogP contribution in [-0.4, -0.2) is 17.9 Å². The molecular formula is C17H16O3S. The summed E-state index contributed by atoms with van der Waals surface area (Å²) in [6.07, 6.45) is 0.106. The molecule has 0 aliphatic rings. The maximum Gasteiger partial charge on any atom is 0.171 e. The second-order valence-corrected chi connectivity index (χ2v) is 4.93. The number of benzene rings is 2. The molecule has 3 nitrogen and oxygen atoms in total. The van der Waals surface area contributed by atoms with E-state index in [0.717, 1.165) is 11.3 Å². The molecule has 21 heavy (non-hydrogen) atoms. The predicted molar refractivity (Wildman–Crippen MR) is 85.8 cm³/mol. The molecule has 0 aliphatic carbocycles. The third kappa shape index (κ3) is 4.68. The van der Waals surface area contributed by atoms with E-state index in [9.17, 15) is 4.79 Å². The van der Waals surface area contributed by atoms with Crippen LogP contribution in [0.5, 0.6) is 5.75 Å². The van der Waals surface area contributed by atoms with E-state index in [0.29, 0.717) is 17.2 Å². The van der Waals surface area contributed by atoms with Gasteiger partial charge < -0.3 is 9.47 Å². The van der Waals surface area contributed by atoms with Crippen molar-refractivity contribution < 1.29 is 14.3 Å². The van der Waals surface area contributed by atoms with Gasteiger partial charge in [-0.1, -0.05) is 30.3 Å². The Balaban J connectivity index is 1.85. The van der Waals surface area contributed by atoms with Crippen molar-refractivity contribution in [1.29, 1.82) is 0 Å². The molecular weight excluding hydrogens is 284 g/mol. The summed E-state index contributed by atoms with van der Waals surface area (Å²) in [6.45, 7) is 0.384. The van der Waals surface area contributed by atoms with Crippen molar-refractivity contribution in [3.05, 3.63) is 65.7 Å². The van der Waals surface area contributed by atoms with Gasteiger partial charge >= 0.3 is 0 Å². The van der Waals surface area contributed by atoms with Crippen LogP contribution >= 0.6 is 12.2 Å². The number of thiocarbonyl (C=S) groups is 1. The Morgan fingerprint density at radius 1 is 1.05 bits per heavy atom. The van der Waals surface area contributed by atoms with Crippen LogP contribution in [0, 0.1) is 0 Å². The third-order valence-corrected chi connectivity index (χ3v) is 3.22. The van der Waals surface area contributed by atoms with Gasteiger partial charge in [0.25, 0.3) is 0 Å². The molecule has 0 fully saturated rings. The van der Waals surface area contributed by atoms with E-state index in [4.69, 9.17) is 21.7 Å². The van der Waals surface area contributed by atoms with E-state index in [1.165, 1.54) is 0 Å². The van der Waals surface area contributed by atoms with E-state index < -0.39 is 0 Å². The summed E-state index contributed by atoms with van der Waals surface area (Å²) in [4.78, 5) is 12.1. The van der Waals surface area contributed by atoms with Gasteiger partial charge in [0.15, 0.2) is 10.8 Å². The lowest BCUT2D eigenvalue weighted by atomic mass is 10.1. The fourth-order valence-electron chi connectivity index (χ4n) is 1.80. The van der Waals surface area contributed by atoms with Crippen LogP contribution in [-0.2, 0) is 11.3 Å². The first-order chi connectivity index (χ1) is 10.2. The monoisotopic (exact) mass is 300 g/mol. The zero-order valence-electron chi connectivity index (χ0n) is 11.7. The highest BCUT2D eigenvalue weighted by molar-refractivity contribution is 7.80. The first-order valence-electron chi connectivity index (χ1n) is 6.56. The Kier molecular flexibility index (Phi) is 5.46. The maximum absolute atomic E-state index is 12.1. The van der Waals surface area contributed by atoms with Crippen LogP contribution in [0.4, 0.5) is 0 Å². The Morgan fingerprint density at radius 3 is 2.33 bits per heavy atom. The molecule has 0 saturated carbocycles. The first-order valence-corrected chi connectivity index (χ1v) is 6.96. The number of ether oxygens (including phenoxy) is 2. The van der Waals surface area contributed by atoms with Crippen LogP contribution in [0.1, 0.15) is 22.3 Å². The Hall–Kier alpha value is -2.20. The second-order valence-electron chi connectivity index (χ2n) is 4.47. The molecule has 4 heteroatoms. The number of ketones is 1. The zero-order valence-corrected chi connectivity index (χ0v) is 12.6. The summed E-state index contributed by atoms with van der Waals surface area (Å²) in [5, 5.41) is 0.305. The van der Waals surface area contributed by atoms with Gasteiger partial charge in [-0.15, -0.1) is 0 Å². The van der Waals surface area contributed by atoms with Crippen LogP contribution in [0.25, 0.3) is 0 Å². The quantitative estimate of drug-likeness (QED) is 0.600. The topological polar surface area (TPSA) is 35.5 Å². The molecule has 0 radical (unpaired) electrons. The standard InChI is InChI=1S/C17H16O3S/c1-19-15-9-7-14(8-10-15)16(18)11-17(21)20-12-13-5-3-2-4-6-13/h2-10H,11-12H2,1H3. The molecule has 0 heterocycles. The minimum Gasteiger partial charge on any atom is -0.497 e. The lowest BCUT2D eigenvalue weighted by Gasteiger charge is -2.07. The SMILES string of the molecule is COc1ccc(C(=O)CC(=S)OCc2ccccc2)cc1. The van der Waals surface area contributed by atoms with E-state index >= 15 is 0 Å². The van der Waals surface area contributed by atoms with Crippen molar-refractivity contribution >= 4 is 23.1 Å². The van der Waals surface area contributed by atoms with Gasteiger partial charge in [0, 0.05) is 5.56 Å². The minimum atomic E-state index is -0.0595. The van der Waals surface area contributed by atoms with Gasteiger partial charge in [0.2, 0.25) is 0 Å². The summed E-state index contributed by atoms with van der Waals surface area (Å²) < 4.78 is 10.5. The number of carbonyl (C=O) groups excluding carboxylic acids is 1. The molecule has 0 saturated heterocycles. The molecule has 0 atom stereocenters. The highest BCUT2D eigenvalue weighted by Gasteiger charge is 2.10. The number of methoxy groups -OCH3 is 1. The number of hydrogen-bond acceptors (Lipinski definition) is 4. The van der Waals surface area contributed by atoms with Crippen molar-refractivity contribution in [2.75, 3.05) is 7.11 Å². The number of rotatable bonds is 6. The Bertz CT molecular complexity index is 606. The van der Waals surface area contributed by atoms with E-state index in [1.54, 1.807) is 31.4 Å². The number of hydrogen-bond donors (Lipinski definition) is 0. The highest BCUT2D eigenvalue weighted by atomic mass is 32.1. The fraction of sp³-hybridized carbons (Fsp3) is 0.176. The molecule has 0 aliphatic heterocycles. The lowest BCUT2D eigenvalue weighted by molar-refractivity contribution is 0.0993.